The molecule has 2 heteroatoms. The monoisotopic (exact) mass is 202 g/mol. The maximum Gasteiger partial charge on any atom is 0.150 e. The normalized spacial score (nSPS) is 19.9. The van der Waals surface area contributed by atoms with Gasteiger partial charge < -0.3 is 4.74 Å². The van der Waals surface area contributed by atoms with Crippen LogP contribution in [0, 0.1) is 0 Å². The van der Waals surface area contributed by atoms with Crippen LogP contribution in [0.25, 0.3) is 0 Å². The van der Waals surface area contributed by atoms with Crippen LogP contribution in [0.3, 0.4) is 0 Å². The molecule has 0 amide bonds. The molecule has 1 aromatic rings. The topological polar surface area (TPSA) is 26.3 Å². The lowest BCUT2D eigenvalue weighted by Crippen LogP contribution is -2.15. The Morgan fingerprint density at radius 2 is 2.33 bits per heavy atom. The molecule has 1 atom stereocenters. The van der Waals surface area contributed by atoms with Crippen LogP contribution in [0.2, 0.25) is 0 Å². The van der Waals surface area contributed by atoms with Gasteiger partial charge in [0, 0.05) is 5.56 Å². The van der Waals surface area contributed by atoms with Crippen molar-refractivity contribution in [3.05, 3.63) is 42.0 Å². The quantitative estimate of drug-likeness (QED) is 0.556. The predicted molar refractivity (Wildman–Crippen MR) is 59.2 cm³/mol. The molecule has 0 heterocycles. The third-order valence-corrected chi connectivity index (χ3v) is 2.49. The molecule has 2 rings (SSSR count). The van der Waals surface area contributed by atoms with E-state index in [0.29, 0.717) is 5.56 Å². The molecule has 0 N–H and O–H groups in total. The number of ether oxygens (including phenoxy) is 1. The van der Waals surface area contributed by atoms with Crippen LogP contribution >= 0.6 is 0 Å². The molecule has 0 saturated carbocycles. The van der Waals surface area contributed by atoms with E-state index < -0.39 is 0 Å². The summed E-state index contributed by atoms with van der Waals surface area (Å²) in [6.07, 6.45) is 8.63. The maximum absolute atomic E-state index is 10.6. The van der Waals surface area contributed by atoms with E-state index in [9.17, 15) is 4.79 Å². The van der Waals surface area contributed by atoms with Crippen LogP contribution in [-0.2, 0) is 0 Å². The fraction of sp³-hybridized carbons (Fsp3) is 0.308. The van der Waals surface area contributed by atoms with E-state index in [1.54, 1.807) is 12.1 Å². The minimum atomic E-state index is 0.167. The molecule has 2 nitrogen and oxygen atoms in total. The number of aldehydes is 1. The van der Waals surface area contributed by atoms with E-state index >= 15 is 0 Å². The van der Waals surface area contributed by atoms with Crippen LogP contribution in [0.15, 0.2) is 36.4 Å². The minimum Gasteiger partial charge on any atom is -0.486 e. The average molecular weight is 202 g/mol. The second-order valence-electron chi connectivity index (χ2n) is 3.71. The number of hydrogen-bond acceptors (Lipinski definition) is 2. The zero-order chi connectivity index (χ0) is 10.5. The van der Waals surface area contributed by atoms with Gasteiger partial charge in [-0.25, -0.2) is 0 Å². The molecule has 1 unspecified atom stereocenters. The first kappa shape index (κ1) is 9.97. The highest BCUT2D eigenvalue weighted by atomic mass is 16.5. The lowest BCUT2D eigenvalue weighted by molar-refractivity contribution is 0.112. The molecule has 0 aliphatic heterocycles. The summed E-state index contributed by atoms with van der Waals surface area (Å²) in [5, 5.41) is 0. The second kappa shape index (κ2) is 4.78. The number of rotatable bonds is 3. The SMILES string of the molecule is O=Cc1cccc(OC2C=CCCC2)c1. The first-order valence-electron chi connectivity index (χ1n) is 5.27. The van der Waals surface area contributed by atoms with Gasteiger partial charge in [-0.05, 0) is 37.5 Å². The highest BCUT2D eigenvalue weighted by Crippen LogP contribution is 2.19. The predicted octanol–water partition coefficient (Wildman–Crippen LogP) is 2.99. The first-order valence-corrected chi connectivity index (χ1v) is 5.27. The molecule has 0 fully saturated rings. The average Bonchev–Trinajstić information content (AvgIpc) is 2.31. The number of carbonyl (C=O) groups is 1. The standard InChI is InChI=1S/C13H14O2/c14-10-11-5-4-8-13(9-11)15-12-6-2-1-3-7-12/h2,4-6,8-10,12H,1,3,7H2. The molecule has 0 aromatic heterocycles. The van der Waals surface area contributed by atoms with Gasteiger partial charge in [-0.15, -0.1) is 0 Å². The van der Waals surface area contributed by atoms with Gasteiger partial charge in [0.1, 0.15) is 18.1 Å². The van der Waals surface area contributed by atoms with Gasteiger partial charge in [0.2, 0.25) is 0 Å². The second-order valence-corrected chi connectivity index (χ2v) is 3.71. The van der Waals surface area contributed by atoms with Crippen molar-refractivity contribution in [3.63, 3.8) is 0 Å². The molecular formula is C13H14O2. The number of carbonyl (C=O) groups excluding carboxylic acids is 1. The van der Waals surface area contributed by atoms with E-state index in [-0.39, 0.29) is 6.10 Å². The van der Waals surface area contributed by atoms with Crippen LogP contribution in [0.4, 0.5) is 0 Å². The lowest BCUT2D eigenvalue weighted by Gasteiger charge is -2.18. The van der Waals surface area contributed by atoms with E-state index in [0.717, 1.165) is 24.9 Å². The number of allylic oxidation sites excluding steroid dienone is 1. The van der Waals surface area contributed by atoms with Gasteiger partial charge in [0.25, 0.3) is 0 Å². The highest BCUT2D eigenvalue weighted by Gasteiger charge is 2.09. The molecular weight excluding hydrogens is 188 g/mol. The summed E-state index contributed by atoms with van der Waals surface area (Å²) in [5.41, 5.74) is 0.660. The Hall–Kier alpha value is -1.57. The Balaban J connectivity index is 2.06. The lowest BCUT2D eigenvalue weighted by atomic mass is 10.1. The molecule has 1 aliphatic rings. The molecule has 1 aliphatic carbocycles. The van der Waals surface area contributed by atoms with E-state index in [1.165, 1.54) is 6.42 Å². The summed E-state index contributed by atoms with van der Waals surface area (Å²) in [7, 11) is 0. The smallest absolute Gasteiger partial charge is 0.150 e. The summed E-state index contributed by atoms with van der Waals surface area (Å²) < 4.78 is 5.75. The van der Waals surface area contributed by atoms with Gasteiger partial charge in [-0.1, -0.05) is 18.2 Å². The third-order valence-electron chi connectivity index (χ3n) is 2.49. The summed E-state index contributed by atoms with van der Waals surface area (Å²) in [6.45, 7) is 0. The third kappa shape index (κ3) is 2.69. The molecule has 0 radical (unpaired) electrons. The Bertz CT molecular complexity index is 369. The first-order chi connectivity index (χ1) is 7.38. The largest absolute Gasteiger partial charge is 0.486 e. The molecule has 0 spiro atoms. The van der Waals surface area contributed by atoms with Crippen molar-refractivity contribution in [2.75, 3.05) is 0 Å². The van der Waals surface area contributed by atoms with E-state index in [1.807, 2.05) is 12.1 Å². The Morgan fingerprint density at radius 1 is 1.40 bits per heavy atom. The molecule has 0 bridgehead atoms. The van der Waals surface area contributed by atoms with Crippen LogP contribution in [-0.4, -0.2) is 12.4 Å². The van der Waals surface area contributed by atoms with Crippen LogP contribution in [0.1, 0.15) is 29.6 Å². The van der Waals surface area contributed by atoms with Crippen LogP contribution in [0.5, 0.6) is 5.75 Å². The van der Waals surface area contributed by atoms with E-state index in [2.05, 4.69) is 12.2 Å². The summed E-state index contributed by atoms with van der Waals surface area (Å²) >= 11 is 0. The summed E-state index contributed by atoms with van der Waals surface area (Å²) in [6, 6.07) is 7.27. The number of benzene rings is 1. The van der Waals surface area contributed by atoms with Crippen molar-refractivity contribution in [2.45, 2.75) is 25.4 Å². The maximum atomic E-state index is 10.6. The highest BCUT2D eigenvalue weighted by molar-refractivity contribution is 5.75. The Kier molecular flexibility index (Phi) is 3.18. The number of hydrogen-bond donors (Lipinski definition) is 0. The van der Waals surface area contributed by atoms with Gasteiger partial charge in [0.15, 0.2) is 0 Å². The van der Waals surface area contributed by atoms with Gasteiger partial charge in [-0.3, -0.25) is 4.79 Å². The van der Waals surface area contributed by atoms with Crippen LogP contribution < -0.4 is 4.74 Å². The minimum absolute atomic E-state index is 0.167. The molecule has 78 valence electrons. The van der Waals surface area contributed by atoms with Gasteiger partial charge in [0.05, 0.1) is 0 Å². The summed E-state index contributed by atoms with van der Waals surface area (Å²) in [4.78, 5) is 10.6. The van der Waals surface area contributed by atoms with Crippen molar-refractivity contribution in [1.29, 1.82) is 0 Å². The fourth-order valence-electron chi connectivity index (χ4n) is 1.72. The fourth-order valence-corrected chi connectivity index (χ4v) is 1.72. The van der Waals surface area contributed by atoms with Crippen molar-refractivity contribution in [2.24, 2.45) is 0 Å². The zero-order valence-corrected chi connectivity index (χ0v) is 8.56. The van der Waals surface area contributed by atoms with Crippen molar-refractivity contribution in [3.8, 4) is 5.75 Å². The van der Waals surface area contributed by atoms with Crippen molar-refractivity contribution >= 4 is 6.29 Å². The van der Waals surface area contributed by atoms with Gasteiger partial charge in [-0.2, -0.15) is 0 Å². The molecule has 0 saturated heterocycles. The van der Waals surface area contributed by atoms with E-state index in [4.69, 9.17) is 4.74 Å². The molecule has 15 heavy (non-hydrogen) atoms. The van der Waals surface area contributed by atoms with Crippen molar-refractivity contribution < 1.29 is 9.53 Å². The summed E-state index contributed by atoms with van der Waals surface area (Å²) in [5.74, 6) is 0.774. The Labute approximate surface area is 89.6 Å². The molecule has 1 aromatic carbocycles. The van der Waals surface area contributed by atoms with Gasteiger partial charge >= 0.3 is 0 Å². The van der Waals surface area contributed by atoms with Crippen molar-refractivity contribution in [1.82, 2.24) is 0 Å². The Morgan fingerprint density at radius 3 is 3.07 bits per heavy atom. The zero-order valence-electron chi connectivity index (χ0n) is 8.56.